The van der Waals surface area contributed by atoms with Gasteiger partial charge in [0.2, 0.25) is 5.95 Å². The van der Waals surface area contributed by atoms with Crippen molar-refractivity contribution in [3.8, 4) is 0 Å². The monoisotopic (exact) mass is 493 g/mol. The molecule has 1 N–H and O–H groups in total. The molecule has 5 heterocycles. The molecule has 9 heteroatoms. The highest BCUT2D eigenvalue weighted by atomic mass is 15.3. The lowest BCUT2D eigenvalue weighted by Gasteiger charge is -2.33. The molecule has 4 aromatic heterocycles. The van der Waals surface area contributed by atoms with E-state index in [1.54, 1.807) is 0 Å². The van der Waals surface area contributed by atoms with Gasteiger partial charge in [-0.25, -0.2) is 24.5 Å². The minimum atomic E-state index is 0.601. The zero-order chi connectivity index (χ0) is 24.8. The van der Waals surface area contributed by atoms with E-state index in [9.17, 15) is 0 Å². The summed E-state index contributed by atoms with van der Waals surface area (Å²) < 4.78 is 1.89. The van der Waals surface area contributed by atoms with Crippen molar-refractivity contribution < 1.29 is 0 Å². The first-order valence-corrected chi connectivity index (χ1v) is 13.3. The van der Waals surface area contributed by atoms with E-state index in [0.29, 0.717) is 11.9 Å². The molecule has 1 aliphatic heterocycles. The number of aryl methyl sites for hydroxylation is 1. The second-order valence-electron chi connectivity index (χ2n) is 10.3. The van der Waals surface area contributed by atoms with Crippen LogP contribution in [-0.4, -0.2) is 67.7 Å². The number of pyridine rings is 1. The van der Waals surface area contributed by atoms with E-state index in [0.717, 1.165) is 85.1 Å². The lowest BCUT2D eigenvalue weighted by atomic mass is 10.0. The highest BCUT2D eigenvalue weighted by Crippen LogP contribution is 2.41. The van der Waals surface area contributed by atoms with Crippen molar-refractivity contribution in [2.75, 3.05) is 43.4 Å². The van der Waals surface area contributed by atoms with Crippen LogP contribution in [0.5, 0.6) is 0 Å². The fourth-order valence-electron chi connectivity index (χ4n) is 5.29. The first kappa shape index (κ1) is 22.4. The third kappa shape index (κ3) is 4.44. The van der Waals surface area contributed by atoms with Crippen LogP contribution in [0.3, 0.4) is 0 Å². The van der Waals surface area contributed by atoms with E-state index in [-0.39, 0.29) is 0 Å². The molecule has 2 aliphatic carbocycles. The summed E-state index contributed by atoms with van der Waals surface area (Å²) in [5.41, 5.74) is 7.32. The fraction of sp³-hybridized carbons (Fsp3) is 0.393. The molecule has 0 unspecified atom stereocenters. The van der Waals surface area contributed by atoms with Crippen molar-refractivity contribution in [1.82, 2.24) is 34.4 Å². The normalized spacial score (nSPS) is 18.4. The van der Waals surface area contributed by atoms with Gasteiger partial charge in [-0.05, 0) is 63.3 Å². The van der Waals surface area contributed by atoms with Gasteiger partial charge in [-0.15, -0.1) is 0 Å². The third-order valence-electron chi connectivity index (χ3n) is 7.64. The van der Waals surface area contributed by atoms with E-state index in [4.69, 9.17) is 9.97 Å². The molecule has 0 amide bonds. The lowest BCUT2D eigenvalue weighted by molar-refractivity contribution is 0.312. The highest BCUT2D eigenvalue weighted by molar-refractivity contribution is 5.80. The van der Waals surface area contributed by atoms with Crippen LogP contribution in [-0.2, 0) is 6.42 Å². The van der Waals surface area contributed by atoms with Gasteiger partial charge in [0.05, 0.1) is 29.5 Å². The number of anilines is 3. The highest BCUT2D eigenvalue weighted by Gasteiger charge is 2.28. The van der Waals surface area contributed by atoms with Crippen LogP contribution >= 0.6 is 0 Å². The largest absolute Gasteiger partial charge is 0.354 e. The van der Waals surface area contributed by atoms with Gasteiger partial charge in [0.15, 0.2) is 5.65 Å². The van der Waals surface area contributed by atoms with Gasteiger partial charge >= 0.3 is 0 Å². The Morgan fingerprint density at radius 3 is 2.65 bits per heavy atom. The Hall–Kier alpha value is -3.85. The molecule has 1 saturated heterocycles. The van der Waals surface area contributed by atoms with Crippen molar-refractivity contribution in [2.24, 2.45) is 0 Å². The smallest absolute Gasteiger partial charge is 0.227 e. The quantitative estimate of drug-likeness (QED) is 0.446. The number of nitrogens with one attached hydrogen (secondary N) is 1. The Morgan fingerprint density at radius 1 is 0.946 bits per heavy atom. The molecule has 3 aliphatic rings. The van der Waals surface area contributed by atoms with Gasteiger partial charge in [0, 0.05) is 55.3 Å². The van der Waals surface area contributed by atoms with Gasteiger partial charge in [0.1, 0.15) is 5.82 Å². The molecular formula is C28H31N9. The zero-order valence-electron chi connectivity index (χ0n) is 21.1. The molecule has 0 spiro atoms. The minimum Gasteiger partial charge on any atom is -0.354 e. The van der Waals surface area contributed by atoms with Crippen LogP contribution in [0.15, 0.2) is 49.1 Å². The molecule has 37 heavy (non-hydrogen) atoms. The fourth-order valence-corrected chi connectivity index (χ4v) is 5.29. The number of aromatic nitrogens is 6. The Morgan fingerprint density at radius 2 is 1.84 bits per heavy atom. The molecule has 9 nitrogen and oxygen atoms in total. The number of hydrogen-bond donors (Lipinski definition) is 1. The maximum Gasteiger partial charge on any atom is 0.227 e. The number of likely N-dealkylation sites (N-methyl/N-ethyl adjacent to an activating group) is 1. The van der Waals surface area contributed by atoms with E-state index >= 15 is 0 Å². The minimum absolute atomic E-state index is 0.601. The van der Waals surface area contributed by atoms with Crippen LogP contribution in [0.25, 0.3) is 11.2 Å². The molecule has 0 atom stereocenters. The summed E-state index contributed by atoms with van der Waals surface area (Å²) in [6.45, 7) is 4.14. The molecule has 0 bridgehead atoms. The second-order valence-corrected chi connectivity index (χ2v) is 10.3. The predicted molar refractivity (Wildman–Crippen MR) is 144 cm³/mol. The summed E-state index contributed by atoms with van der Waals surface area (Å²) in [7, 11) is 2.16. The first-order valence-electron chi connectivity index (χ1n) is 13.3. The Labute approximate surface area is 216 Å². The summed E-state index contributed by atoms with van der Waals surface area (Å²) in [5.74, 6) is 2.23. The van der Waals surface area contributed by atoms with Gasteiger partial charge in [-0.3, -0.25) is 0 Å². The Bertz CT molecular complexity index is 1460. The standard InChI is InChI=1S/C28H31N9/c1-35-12-14-36(15-13-35)26-9-8-20(16-29-26)32-28-30-17-23-21(4-2-3-5-24(23)34-28)25-10-11-37-27(33-25)22(18-31-37)19-6-7-19/h4,8-11,16-19H,2-3,5-7,12-15H2,1H3,(H,30,32,34). The lowest BCUT2D eigenvalue weighted by Crippen LogP contribution is -2.44. The van der Waals surface area contributed by atoms with Crippen molar-refractivity contribution in [2.45, 2.75) is 38.0 Å². The molecule has 2 fully saturated rings. The molecule has 4 aromatic rings. The summed E-state index contributed by atoms with van der Waals surface area (Å²) in [4.78, 5) is 24.0. The number of fused-ring (bicyclic) bond motifs is 2. The summed E-state index contributed by atoms with van der Waals surface area (Å²) >= 11 is 0. The molecule has 0 aromatic carbocycles. The summed E-state index contributed by atoms with van der Waals surface area (Å²) in [6, 6.07) is 6.19. The molecule has 7 rings (SSSR count). The zero-order valence-corrected chi connectivity index (χ0v) is 21.1. The van der Waals surface area contributed by atoms with Crippen molar-refractivity contribution in [3.63, 3.8) is 0 Å². The third-order valence-corrected chi connectivity index (χ3v) is 7.64. The first-order chi connectivity index (χ1) is 18.2. The van der Waals surface area contributed by atoms with E-state index in [1.165, 1.54) is 18.4 Å². The van der Waals surface area contributed by atoms with Gasteiger partial charge in [0.25, 0.3) is 0 Å². The molecule has 0 radical (unpaired) electrons. The average molecular weight is 494 g/mol. The second kappa shape index (κ2) is 9.23. The number of piperazine rings is 1. The Kier molecular flexibility index (Phi) is 5.57. The number of allylic oxidation sites excluding steroid dienone is 1. The van der Waals surface area contributed by atoms with E-state index in [1.807, 2.05) is 29.3 Å². The maximum atomic E-state index is 5.05. The SMILES string of the molecule is CN1CCN(c2ccc(Nc3ncc4c(n3)CCCC=C4c3ccn4ncc(C5CC5)c4n3)cn2)CC1. The van der Waals surface area contributed by atoms with E-state index < -0.39 is 0 Å². The summed E-state index contributed by atoms with van der Waals surface area (Å²) in [5, 5.41) is 7.86. The maximum absolute atomic E-state index is 5.05. The van der Waals surface area contributed by atoms with Crippen LogP contribution in [0.2, 0.25) is 0 Å². The Balaban J connectivity index is 1.13. The average Bonchev–Trinajstić information content (AvgIpc) is 3.72. The van der Waals surface area contributed by atoms with E-state index in [2.05, 4.69) is 61.5 Å². The van der Waals surface area contributed by atoms with Crippen LogP contribution < -0.4 is 10.2 Å². The number of nitrogens with zero attached hydrogens (tertiary/aromatic N) is 8. The van der Waals surface area contributed by atoms with Gasteiger partial charge < -0.3 is 15.1 Å². The van der Waals surface area contributed by atoms with Crippen molar-refractivity contribution in [1.29, 1.82) is 0 Å². The topological polar surface area (TPSA) is 87.4 Å². The van der Waals surface area contributed by atoms with Gasteiger partial charge in [-0.1, -0.05) is 6.08 Å². The number of rotatable bonds is 5. The summed E-state index contributed by atoms with van der Waals surface area (Å²) in [6.07, 6.45) is 15.5. The van der Waals surface area contributed by atoms with Crippen LogP contribution in [0, 0.1) is 0 Å². The van der Waals surface area contributed by atoms with Crippen molar-refractivity contribution in [3.05, 3.63) is 71.6 Å². The predicted octanol–water partition coefficient (Wildman–Crippen LogP) is 4.06. The molecular weight excluding hydrogens is 462 g/mol. The molecule has 188 valence electrons. The van der Waals surface area contributed by atoms with Crippen molar-refractivity contribution >= 4 is 28.7 Å². The van der Waals surface area contributed by atoms with Crippen LogP contribution in [0.4, 0.5) is 17.5 Å². The van der Waals surface area contributed by atoms with Crippen LogP contribution in [0.1, 0.15) is 54.1 Å². The molecule has 1 saturated carbocycles. The number of hydrogen-bond acceptors (Lipinski definition) is 8. The van der Waals surface area contributed by atoms with Gasteiger partial charge in [-0.2, -0.15) is 5.10 Å².